The van der Waals surface area contributed by atoms with Gasteiger partial charge in [0.25, 0.3) is 0 Å². The third-order valence-electron chi connectivity index (χ3n) is 7.82. The van der Waals surface area contributed by atoms with Crippen LogP contribution in [0.3, 0.4) is 0 Å². The summed E-state index contributed by atoms with van der Waals surface area (Å²) in [5, 5.41) is 12.4. The van der Waals surface area contributed by atoms with Gasteiger partial charge >= 0.3 is 12.0 Å². The molecule has 2 N–H and O–H groups in total. The molecule has 4 rings (SSSR count). The Kier molecular flexibility index (Phi) is 14.9. The number of nitrogens with one attached hydrogen (secondary N) is 1. The molecule has 0 radical (unpaired) electrons. The van der Waals surface area contributed by atoms with E-state index in [1.165, 1.54) is 36.4 Å². The highest BCUT2D eigenvalue weighted by Gasteiger charge is 2.25. The number of carbonyl (C=O) groups excluding carboxylic acids is 2. The van der Waals surface area contributed by atoms with E-state index in [4.69, 9.17) is 9.47 Å². The maximum absolute atomic E-state index is 13.6. The van der Waals surface area contributed by atoms with Gasteiger partial charge in [-0.15, -0.1) is 0 Å². The number of amides is 2. The van der Waals surface area contributed by atoms with Crippen LogP contribution in [0.5, 0.6) is 0 Å². The number of aromatic carboxylic acids is 1. The van der Waals surface area contributed by atoms with Crippen LogP contribution in [0.2, 0.25) is 0 Å². The molecular formula is C37H45F2N3O6. The molecule has 0 aliphatic heterocycles. The van der Waals surface area contributed by atoms with Gasteiger partial charge in [-0.05, 0) is 85.9 Å². The average Bonchev–Trinajstić information content (AvgIpc) is 3.02. The normalized spacial score (nSPS) is 15.8. The van der Waals surface area contributed by atoms with Gasteiger partial charge < -0.3 is 24.8 Å². The number of hydrogen-bond donors (Lipinski definition) is 2. The second kappa shape index (κ2) is 18.8. The summed E-state index contributed by atoms with van der Waals surface area (Å²) in [5.74, 6) is -1.75. The monoisotopic (exact) mass is 665 g/mol. The number of aryl methyl sites for hydroxylation is 1. The number of anilines is 1. The first-order chi connectivity index (χ1) is 22.8. The summed E-state index contributed by atoms with van der Waals surface area (Å²) in [5.41, 5.74) is 2.48. The number of rotatable bonds is 12. The van der Waals surface area contributed by atoms with Crippen LogP contribution >= 0.6 is 0 Å². The lowest BCUT2D eigenvalue weighted by molar-refractivity contribution is -0.0524. The second-order valence-electron chi connectivity index (χ2n) is 12.9. The molecule has 3 aromatic carbocycles. The Balaban J connectivity index is 0.000000533. The number of nitrogens with zero attached hydrogens (tertiary/aromatic N) is 2. The summed E-state index contributed by atoms with van der Waals surface area (Å²) in [6.07, 6.45) is 5.66. The van der Waals surface area contributed by atoms with E-state index in [0.29, 0.717) is 36.5 Å². The van der Waals surface area contributed by atoms with Gasteiger partial charge in [-0.1, -0.05) is 51.1 Å². The van der Waals surface area contributed by atoms with E-state index in [9.17, 15) is 28.3 Å². The molecule has 0 unspecified atom stereocenters. The van der Waals surface area contributed by atoms with Crippen LogP contribution in [0.25, 0.3) is 0 Å². The summed E-state index contributed by atoms with van der Waals surface area (Å²) >= 11 is 0. The maximum Gasteiger partial charge on any atom is 0.336 e. The minimum atomic E-state index is -0.941. The van der Waals surface area contributed by atoms with E-state index in [0.717, 1.165) is 43.7 Å². The smallest absolute Gasteiger partial charge is 0.336 e. The van der Waals surface area contributed by atoms with E-state index in [1.54, 1.807) is 36.1 Å². The Morgan fingerprint density at radius 3 is 2.29 bits per heavy atom. The van der Waals surface area contributed by atoms with Crippen LogP contribution in [0.15, 0.2) is 71.7 Å². The third-order valence-corrected chi connectivity index (χ3v) is 7.82. The molecule has 1 fully saturated rings. The highest BCUT2D eigenvalue weighted by atomic mass is 19.1. The van der Waals surface area contributed by atoms with Crippen molar-refractivity contribution in [2.75, 3.05) is 25.0 Å². The molecule has 2 atom stereocenters. The molecule has 0 aromatic heterocycles. The largest absolute Gasteiger partial charge is 0.478 e. The zero-order valence-corrected chi connectivity index (χ0v) is 28.0. The highest BCUT2D eigenvalue weighted by Crippen LogP contribution is 2.26. The van der Waals surface area contributed by atoms with Crippen LogP contribution in [0.1, 0.15) is 74.4 Å². The zero-order valence-electron chi connectivity index (χ0n) is 28.0. The van der Waals surface area contributed by atoms with E-state index < -0.39 is 17.6 Å². The van der Waals surface area contributed by atoms with Crippen molar-refractivity contribution in [3.8, 4) is 0 Å². The predicted molar refractivity (Wildman–Crippen MR) is 180 cm³/mol. The number of halogens is 2. The molecule has 2 amide bonds. The molecule has 1 aliphatic rings. The van der Waals surface area contributed by atoms with Crippen LogP contribution in [-0.2, 0) is 20.9 Å². The van der Waals surface area contributed by atoms with Crippen LogP contribution in [-0.4, -0.2) is 60.0 Å². The minimum Gasteiger partial charge on any atom is -0.478 e. The van der Waals surface area contributed by atoms with Gasteiger partial charge in [0.2, 0.25) is 6.08 Å². The second-order valence-corrected chi connectivity index (χ2v) is 12.9. The highest BCUT2D eigenvalue weighted by molar-refractivity contribution is 5.91. The van der Waals surface area contributed by atoms with Crippen molar-refractivity contribution in [1.82, 2.24) is 4.90 Å². The predicted octanol–water partition coefficient (Wildman–Crippen LogP) is 8.44. The zero-order chi connectivity index (χ0) is 35.1. The van der Waals surface area contributed by atoms with Gasteiger partial charge in [-0.25, -0.2) is 23.2 Å². The molecule has 48 heavy (non-hydrogen) atoms. The standard InChI is InChI=1S/C30H41FN2O5.C7H4FNO/c1-21-8-5-9-22(27(21)28(34)35)20-38-26-13-7-12-25(19-26)37-17-16-33(15-14-30(2,3)4)29(36)32-24-11-6-10-23(31)18-24;8-6-2-1-3-7(4-6)9-5-10/h5-6,8-11,18,25-26H,7,12-17,19-20H2,1-4H3,(H,32,36)(H,34,35);1-4H/t25-,26+;/m1./s1. The van der Waals surface area contributed by atoms with Crippen LogP contribution in [0, 0.1) is 24.0 Å². The molecule has 3 aromatic rings. The number of urea groups is 1. The van der Waals surface area contributed by atoms with Gasteiger partial charge in [0.15, 0.2) is 0 Å². The first kappa shape index (κ1) is 38.0. The van der Waals surface area contributed by atoms with Crippen molar-refractivity contribution in [2.24, 2.45) is 10.4 Å². The number of benzene rings is 3. The number of aliphatic imine (C=N–C) groups is 1. The maximum atomic E-state index is 13.6. The minimum absolute atomic E-state index is 0.0100. The molecule has 0 spiro atoms. The summed E-state index contributed by atoms with van der Waals surface area (Å²) < 4.78 is 38.2. The Hall–Kier alpha value is -4.44. The lowest BCUT2D eigenvalue weighted by atomic mass is 9.92. The van der Waals surface area contributed by atoms with Crippen molar-refractivity contribution < 1.29 is 37.7 Å². The van der Waals surface area contributed by atoms with E-state index in [-0.39, 0.29) is 35.9 Å². The van der Waals surface area contributed by atoms with Crippen LogP contribution in [0.4, 0.5) is 25.0 Å². The molecular weight excluding hydrogens is 620 g/mol. The van der Waals surface area contributed by atoms with Crippen LogP contribution < -0.4 is 5.32 Å². The number of hydrogen-bond acceptors (Lipinski definition) is 6. The summed E-state index contributed by atoms with van der Waals surface area (Å²) in [6.45, 7) is 9.80. The van der Waals surface area contributed by atoms with Gasteiger partial charge in [0.05, 0.1) is 36.7 Å². The first-order valence-corrected chi connectivity index (χ1v) is 16.0. The Morgan fingerprint density at radius 1 is 0.979 bits per heavy atom. The fraction of sp³-hybridized carbons (Fsp3) is 0.432. The van der Waals surface area contributed by atoms with Crippen molar-refractivity contribution in [3.05, 3.63) is 95.1 Å². The van der Waals surface area contributed by atoms with E-state index >= 15 is 0 Å². The fourth-order valence-corrected chi connectivity index (χ4v) is 5.25. The van der Waals surface area contributed by atoms with Gasteiger partial charge in [0, 0.05) is 24.8 Å². The lowest BCUT2D eigenvalue weighted by Crippen LogP contribution is -2.40. The Bertz CT molecular complexity index is 1550. The summed E-state index contributed by atoms with van der Waals surface area (Å²) in [6, 6.07) is 16.5. The molecule has 0 bridgehead atoms. The number of isocyanates is 1. The topological polar surface area (TPSA) is 118 Å². The van der Waals surface area contributed by atoms with Gasteiger partial charge in [0.1, 0.15) is 11.6 Å². The van der Waals surface area contributed by atoms with Crippen molar-refractivity contribution in [1.29, 1.82) is 0 Å². The molecule has 0 heterocycles. The van der Waals surface area contributed by atoms with E-state index in [2.05, 4.69) is 31.1 Å². The molecule has 258 valence electrons. The van der Waals surface area contributed by atoms with Gasteiger partial charge in [-0.2, -0.15) is 4.99 Å². The first-order valence-electron chi connectivity index (χ1n) is 16.0. The summed E-state index contributed by atoms with van der Waals surface area (Å²) in [4.78, 5) is 39.2. The molecule has 0 saturated heterocycles. The third kappa shape index (κ3) is 13.4. The number of carbonyl (C=O) groups is 2. The molecule has 9 nitrogen and oxygen atoms in total. The molecule has 11 heteroatoms. The quantitative estimate of drug-likeness (QED) is 0.148. The number of ether oxygens (including phenoxy) is 2. The Morgan fingerprint density at radius 2 is 1.65 bits per heavy atom. The lowest BCUT2D eigenvalue weighted by Gasteiger charge is -2.31. The van der Waals surface area contributed by atoms with Crippen molar-refractivity contribution in [3.63, 3.8) is 0 Å². The average molecular weight is 666 g/mol. The summed E-state index contributed by atoms with van der Waals surface area (Å²) in [7, 11) is 0. The van der Waals surface area contributed by atoms with Gasteiger partial charge in [-0.3, -0.25) is 0 Å². The van der Waals surface area contributed by atoms with Crippen molar-refractivity contribution in [2.45, 2.75) is 78.6 Å². The Labute approximate surface area is 281 Å². The fourth-order valence-electron chi connectivity index (χ4n) is 5.25. The number of carboxylic acid groups (broad SMARTS) is 1. The SMILES string of the molecule is Cc1cccc(CO[C@H]2CCC[C@@H](OCCN(CCC(C)(C)C)C(=O)Nc3cccc(F)c3)C2)c1C(=O)O.O=C=Nc1cccc(F)c1. The molecule has 1 saturated carbocycles. The molecule has 1 aliphatic carbocycles. The van der Waals surface area contributed by atoms with E-state index in [1.807, 2.05) is 6.07 Å². The van der Waals surface area contributed by atoms with Crippen molar-refractivity contribution >= 4 is 29.5 Å². The number of carboxylic acids is 1.